The Kier molecular flexibility index (Phi) is 4.15. The van der Waals surface area contributed by atoms with Crippen molar-refractivity contribution in [1.29, 1.82) is 0 Å². The average molecular weight is 245 g/mol. The van der Waals surface area contributed by atoms with Gasteiger partial charge in [0.25, 0.3) is 0 Å². The molecule has 0 aliphatic rings. The lowest BCUT2D eigenvalue weighted by atomic mass is 10.1. The molecule has 94 valence electrons. The van der Waals surface area contributed by atoms with Gasteiger partial charge in [-0.2, -0.15) is 0 Å². The Morgan fingerprint density at radius 2 is 1.76 bits per heavy atom. The predicted molar refractivity (Wildman–Crippen MR) is 57.9 cm³/mol. The molecular weight excluding hydrogens is 231 g/mol. The van der Waals surface area contributed by atoms with Crippen molar-refractivity contribution in [3.63, 3.8) is 0 Å². The highest BCUT2D eigenvalue weighted by Crippen LogP contribution is 2.25. The molecule has 17 heavy (non-hydrogen) atoms. The zero-order valence-corrected chi connectivity index (χ0v) is 9.66. The van der Waals surface area contributed by atoms with E-state index in [1.807, 2.05) is 0 Å². The first-order valence-electron chi connectivity index (χ1n) is 5.24. The second kappa shape index (κ2) is 5.21. The standard InChI is InChI=1S/C12H14F3NO/c1-9(2)11(17)16(12(13,14)15)8-10-6-4-3-5-7-10/h3-7,9H,8H2,1-2H3. The quantitative estimate of drug-likeness (QED) is 0.749. The third-order valence-electron chi connectivity index (χ3n) is 2.25. The summed E-state index contributed by atoms with van der Waals surface area (Å²) in [6, 6.07) is 8.12. The Morgan fingerprint density at radius 3 is 2.18 bits per heavy atom. The average Bonchev–Trinajstić information content (AvgIpc) is 2.24. The van der Waals surface area contributed by atoms with Gasteiger partial charge in [-0.3, -0.25) is 4.79 Å². The van der Waals surface area contributed by atoms with Crippen LogP contribution in [0.25, 0.3) is 0 Å². The van der Waals surface area contributed by atoms with Gasteiger partial charge in [0.2, 0.25) is 5.91 Å². The van der Waals surface area contributed by atoms with Crippen LogP contribution >= 0.6 is 0 Å². The van der Waals surface area contributed by atoms with Gasteiger partial charge in [0.1, 0.15) is 0 Å². The van der Waals surface area contributed by atoms with Gasteiger partial charge in [-0.25, -0.2) is 4.90 Å². The molecular formula is C12H14F3NO. The lowest BCUT2D eigenvalue weighted by molar-refractivity contribution is -0.245. The van der Waals surface area contributed by atoms with Gasteiger partial charge in [-0.05, 0) is 5.56 Å². The monoisotopic (exact) mass is 245 g/mol. The number of halogens is 3. The van der Waals surface area contributed by atoms with Crippen molar-refractivity contribution in [3.05, 3.63) is 35.9 Å². The molecule has 5 heteroatoms. The van der Waals surface area contributed by atoms with Crippen molar-refractivity contribution < 1.29 is 18.0 Å². The molecule has 1 rings (SSSR count). The molecule has 0 spiro atoms. The number of carbonyl (C=O) groups is 1. The van der Waals surface area contributed by atoms with E-state index >= 15 is 0 Å². The van der Waals surface area contributed by atoms with Gasteiger partial charge in [-0.15, -0.1) is 13.2 Å². The van der Waals surface area contributed by atoms with E-state index in [0.717, 1.165) is 0 Å². The van der Waals surface area contributed by atoms with E-state index in [1.165, 1.54) is 13.8 Å². The number of hydrogen-bond acceptors (Lipinski definition) is 1. The first-order chi connectivity index (χ1) is 7.82. The highest BCUT2D eigenvalue weighted by atomic mass is 19.4. The number of amides is 1. The molecule has 0 saturated heterocycles. The summed E-state index contributed by atoms with van der Waals surface area (Å²) < 4.78 is 38.2. The fourth-order valence-corrected chi connectivity index (χ4v) is 1.37. The van der Waals surface area contributed by atoms with Crippen LogP contribution in [0.2, 0.25) is 0 Å². The van der Waals surface area contributed by atoms with Crippen molar-refractivity contribution in [3.8, 4) is 0 Å². The van der Waals surface area contributed by atoms with Crippen LogP contribution in [-0.4, -0.2) is 17.1 Å². The van der Waals surface area contributed by atoms with Crippen LogP contribution in [0.4, 0.5) is 13.2 Å². The van der Waals surface area contributed by atoms with Crippen LogP contribution in [0.3, 0.4) is 0 Å². The number of rotatable bonds is 3. The van der Waals surface area contributed by atoms with Gasteiger partial charge >= 0.3 is 6.30 Å². The molecule has 0 fully saturated rings. The maximum absolute atomic E-state index is 12.7. The zero-order chi connectivity index (χ0) is 13.1. The largest absolute Gasteiger partial charge is 0.487 e. The summed E-state index contributed by atoms with van der Waals surface area (Å²) in [4.78, 5) is 11.5. The Hall–Kier alpha value is -1.52. The van der Waals surface area contributed by atoms with E-state index in [2.05, 4.69) is 0 Å². The fraction of sp³-hybridized carbons (Fsp3) is 0.417. The smallest absolute Gasteiger partial charge is 0.274 e. The van der Waals surface area contributed by atoms with Gasteiger partial charge < -0.3 is 0 Å². The first kappa shape index (κ1) is 13.5. The summed E-state index contributed by atoms with van der Waals surface area (Å²) in [6.45, 7) is 2.46. The summed E-state index contributed by atoms with van der Waals surface area (Å²) in [5, 5.41) is 0. The van der Waals surface area contributed by atoms with Crippen LogP contribution in [0.1, 0.15) is 19.4 Å². The highest BCUT2D eigenvalue weighted by molar-refractivity contribution is 5.78. The van der Waals surface area contributed by atoms with Gasteiger partial charge in [0.05, 0.1) is 6.54 Å². The van der Waals surface area contributed by atoms with Crippen LogP contribution in [-0.2, 0) is 11.3 Å². The van der Waals surface area contributed by atoms with Gasteiger partial charge in [-0.1, -0.05) is 44.2 Å². The van der Waals surface area contributed by atoms with E-state index in [0.29, 0.717) is 5.56 Å². The Morgan fingerprint density at radius 1 is 1.24 bits per heavy atom. The Balaban J connectivity index is 2.90. The van der Waals surface area contributed by atoms with Crippen molar-refractivity contribution in [2.45, 2.75) is 26.7 Å². The van der Waals surface area contributed by atoms with E-state index in [1.54, 1.807) is 30.3 Å². The molecule has 0 aliphatic heterocycles. The first-order valence-corrected chi connectivity index (χ1v) is 5.24. The lowest BCUT2D eigenvalue weighted by Gasteiger charge is -2.26. The second-order valence-corrected chi connectivity index (χ2v) is 4.03. The van der Waals surface area contributed by atoms with Crippen molar-refractivity contribution >= 4 is 5.91 Å². The minimum Gasteiger partial charge on any atom is -0.274 e. The normalized spacial score (nSPS) is 11.6. The zero-order valence-electron chi connectivity index (χ0n) is 9.66. The number of hydrogen-bond donors (Lipinski definition) is 0. The van der Waals surface area contributed by atoms with E-state index in [-0.39, 0.29) is 4.90 Å². The molecule has 1 aromatic carbocycles. The van der Waals surface area contributed by atoms with Crippen LogP contribution in [0.5, 0.6) is 0 Å². The number of nitrogens with zero attached hydrogens (tertiary/aromatic N) is 1. The number of benzene rings is 1. The maximum Gasteiger partial charge on any atom is 0.487 e. The summed E-state index contributed by atoms with van der Waals surface area (Å²) >= 11 is 0. The molecule has 0 N–H and O–H groups in total. The van der Waals surface area contributed by atoms with Crippen molar-refractivity contribution in [1.82, 2.24) is 4.90 Å². The van der Waals surface area contributed by atoms with Crippen molar-refractivity contribution in [2.24, 2.45) is 5.92 Å². The van der Waals surface area contributed by atoms with E-state index in [9.17, 15) is 18.0 Å². The number of alkyl halides is 3. The molecule has 0 radical (unpaired) electrons. The fourth-order valence-electron chi connectivity index (χ4n) is 1.37. The molecule has 0 heterocycles. The van der Waals surface area contributed by atoms with E-state index in [4.69, 9.17) is 0 Å². The molecule has 0 unspecified atom stereocenters. The predicted octanol–water partition coefficient (Wildman–Crippen LogP) is 3.19. The molecule has 0 aromatic heterocycles. The minimum absolute atomic E-state index is 0.0486. The Labute approximate surface area is 98.0 Å². The summed E-state index contributed by atoms with van der Waals surface area (Å²) in [6.07, 6.45) is -4.64. The maximum atomic E-state index is 12.7. The summed E-state index contributed by atoms with van der Waals surface area (Å²) in [5.41, 5.74) is 0.457. The molecule has 0 bridgehead atoms. The Bertz CT molecular complexity index is 373. The van der Waals surface area contributed by atoms with Crippen LogP contribution in [0, 0.1) is 5.92 Å². The number of carbonyl (C=O) groups excluding carboxylic acids is 1. The highest BCUT2D eigenvalue weighted by Gasteiger charge is 2.41. The molecule has 0 aliphatic carbocycles. The molecule has 0 atom stereocenters. The summed E-state index contributed by atoms with van der Waals surface area (Å²) in [7, 11) is 0. The van der Waals surface area contributed by atoms with Gasteiger partial charge in [0, 0.05) is 5.92 Å². The summed E-state index contributed by atoms with van der Waals surface area (Å²) in [5.74, 6) is -1.60. The molecule has 0 saturated carbocycles. The lowest BCUT2D eigenvalue weighted by Crippen LogP contribution is -2.44. The van der Waals surface area contributed by atoms with Gasteiger partial charge in [0.15, 0.2) is 0 Å². The minimum atomic E-state index is -4.64. The third kappa shape index (κ3) is 3.76. The van der Waals surface area contributed by atoms with Crippen molar-refractivity contribution in [2.75, 3.05) is 0 Å². The molecule has 1 amide bonds. The second-order valence-electron chi connectivity index (χ2n) is 4.03. The van der Waals surface area contributed by atoms with Crippen LogP contribution in [0.15, 0.2) is 30.3 Å². The topological polar surface area (TPSA) is 20.3 Å². The van der Waals surface area contributed by atoms with Crippen LogP contribution < -0.4 is 0 Å². The van der Waals surface area contributed by atoms with E-state index < -0.39 is 24.7 Å². The third-order valence-corrected chi connectivity index (χ3v) is 2.25. The SMILES string of the molecule is CC(C)C(=O)N(Cc1ccccc1)C(F)(F)F. The molecule has 1 aromatic rings. The molecule has 2 nitrogen and oxygen atoms in total.